The number of halogens is 3. The van der Waals surface area contributed by atoms with Gasteiger partial charge in [0.25, 0.3) is 0 Å². The van der Waals surface area contributed by atoms with E-state index in [0.29, 0.717) is 11.4 Å². The molecule has 0 aliphatic carbocycles. The van der Waals surface area contributed by atoms with Crippen LogP contribution >= 0.6 is 0 Å². The second-order valence-corrected chi connectivity index (χ2v) is 3.06. The average molecular weight is 220 g/mol. The number of nitrogens with one attached hydrogen (secondary N) is 1. The van der Waals surface area contributed by atoms with Gasteiger partial charge in [0.15, 0.2) is 6.10 Å². The maximum absolute atomic E-state index is 11.9. The first kappa shape index (κ1) is 11.6. The van der Waals surface area contributed by atoms with E-state index in [2.05, 4.69) is 5.32 Å². The highest BCUT2D eigenvalue weighted by atomic mass is 19.4. The molecule has 0 fully saturated rings. The van der Waals surface area contributed by atoms with Crippen molar-refractivity contribution in [2.75, 3.05) is 17.6 Å². The molecular weight excluding hydrogens is 209 g/mol. The smallest absolute Gasteiger partial charge is 0.399 e. The van der Waals surface area contributed by atoms with Crippen molar-refractivity contribution in [3.8, 4) is 0 Å². The van der Waals surface area contributed by atoms with E-state index in [4.69, 9.17) is 10.8 Å². The van der Waals surface area contributed by atoms with Crippen LogP contribution in [0.25, 0.3) is 0 Å². The van der Waals surface area contributed by atoms with E-state index in [-0.39, 0.29) is 0 Å². The van der Waals surface area contributed by atoms with Crippen LogP contribution in [0.15, 0.2) is 24.3 Å². The molecule has 1 unspecified atom stereocenters. The maximum atomic E-state index is 11.9. The summed E-state index contributed by atoms with van der Waals surface area (Å²) < 4.78 is 35.7. The highest BCUT2D eigenvalue weighted by Crippen LogP contribution is 2.20. The number of anilines is 2. The van der Waals surface area contributed by atoms with Crippen molar-refractivity contribution >= 4 is 11.4 Å². The molecule has 3 nitrogen and oxygen atoms in total. The zero-order valence-corrected chi connectivity index (χ0v) is 7.75. The zero-order chi connectivity index (χ0) is 11.5. The van der Waals surface area contributed by atoms with Crippen LogP contribution in [0.5, 0.6) is 0 Å². The van der Waals surface area contributed by atoms with Crippen LogP contribution in [0.2, 0.25) is 0 Å². The Morgan fingerprint density at radius 2 is 2.07 bits per heavy atom. The van der Waals surface area contributed by atoms with Gasteiger partial charge in [-0.1, -0.05) is 6.07 Å². The number of nitrogen functional groups attached to an aromatic ring is 1. The standard InChI is InChI=1S/C9H11F3N2O/c10-9(11,12)8(15)5-14-7-3-1-2-6(13)4-7/h1-4,8,14-15H,5,13H2. The molecule has 0 saturated carbocycles. The third-order valence-corrected chi connectivity index (χ3v) is 1.76. The van der Waals surface area contributed by atoms with Crippen LogP contribution in [-0.2, 0) is 0 Å². The van der Waals surface area contributed by atoms with Crippen molar-refractivity contribution in [3.63, 3.8) is 0 Å². The van der Waals surface area contributed by atoms with Gasteiger partial charge in [0.05, 0.1) is 0 Å². The first-order chi connectivity index (χ1) is 6.89. The second-order valence-electron chi connectivity index (χ2n) is 3.06. The third-order valence-electron chi connectivity index (χ3n) is 1.76. The number of aliphatic hydroxyl groups excluding tert-OH is 1. The van der Waals surface area contributed by atoms with Gasteiger partial charge in [0.1, 0.15) is 0 Å². The third kappa shape index (κ3) is 3.67. The van der Waals surface area contributed by atoms with Crippen molar-refractivity contribution < 1.29 is 18.3 Å². The molecule has 1 rings (SSSR count). The van der Waals surface area contributed by atoms with Gasteiger partial charge in [-0.15, -0.1) is 0 Å². The Bertz CT molecular complexity index is 327. The van der Waals surface area contributed by atoms with Crippen LogP contribution < -0.4 is 11.1 Å². The van der Waals surface area contributed by atoms with Crippen LogP contribution in [-0.4, -0.2) is 23.9 Å². The number of rotatable bonds is 3. The number of alkyl halides is 3. The quantitative estimate of drug-likeness (QED) is 0.678. The van der Waals surface area contributed by atoms with Crippen molar-refractivity contribution in [2.45, 2.75) is 12.3 Å². The molecule has 84 valence electrons. The lowest BCUT2D eigenvalue weighted by atomic mass is 10.2. The predicted molar refractivity (Wildman–Crippen MR) is 51.4 cm³/mol. The zero-order valence-electron chi connectivity index (χ0n) is 7.75. The van der Waals surface area contributed by atoms with Crippen molar-refractivity contribution in [1.29, 1.82) is 0 Å². The number of nitrogens with two attached hydrogens (primary N) is 1. The Hall–Kier alpha value is -1.43. The Labute approximate surface area is 84.7 Å². The molecule has 0 amide bonds. The van der Waals surface area contributed by atoms with Gasteiger partial charge in [-0.05, 0) is 18.2 Å². The molecule has 6 heteroatoms. The summed E-state index contributed by atoms with van der Waals surface area (Å²) >= 11 is 0. The Kier molecular flexibility index (Phi) is 3.41. The first-order valence-corrected chi connectivity index (χ1v) is 4.24. The minimum atomic E-state index is -4.60. The van der Waals surface area contributed by atoms with E-state index < -0.39 is 18.8 Å². The fourth-order valence-corrected chi connectivity index (χ4v) is 0.979. The van der Waals surface area contributed by atoms with Gasteiger partial charge in [0, 0.05) is 17.9 Å². The van der Waals surface area contributed by atoms with Gasteiger partial charge < -0.3 is 16.2 Å². The summed E-state index contributed by atoms with van der Waals surface area (Å²) in [5.41, 5.74) is 6.31. The topological polar surface area (TPSA) is 58.3 Å². The SMILES string of the molecule is Nc1cccc(NCC(O)C(F)(F)F)c1. The minimum Gasteiger partial charge on any atom is -0.399 e. The highest BCUT2D eigenvalue weighted by molar-refractivity contribution is 5.54. The summed E-state index contributed by atoms with van der Waals surface area (Å²) in [6.45, 7) is -0.590. The van der Waals surface area contributed by atoms with Gasteiger partial charge in [0.2, 0.25) is 0 Å². The number of benzene rings is 1. The van der Waals surface area contributed by atoms with E-state index >= 15 is 0 Å². The fraction of sp³-hybridized carbons (Fsp3) is 0.333. The normalized spacial score (nSPS) is 13.6. The van der Waals surface area contributed by atoms with E-state index in [1.165, 1.54) is 6.07 Å². The molecule has 0 aromatic heterocycles. The van der Waals surface area contributed by atoms with Crippen molar-refractivity contribution in [1.82, 2.24) is 0 Å². The second kappa shape index (κ2) is 4.39. The molecule has 0 bridgehead atoms. The van der Waals surface area contributed by atoms with Gasteiger partial charge in [-0.3, -0.25) is 0 Å². The molecule has 4 N–H and O–H groups in total. The number of hydrogen-bond acceptors (Lipinski definition) is 3. The summed E-state index contributed by atoms with van der Waals surface area (Å²) in [6.07, 6.45) is -6.98. The molecule has 0 saturated heterocycles. The van der Waals surface area contributed by atoms with Crippen molar-refractivity contribution in [2.24, 2.45) is 0 Å². The van der Waals surface area contributed by atoms with Crippen LogP contribution in [0.4, 0.5) is 24.5 Å². The lowest BCUT2D eigenvalue weighted by molar-refractivity contribution is -0.198. The fourth-order valence-electron chi connectivity index (χ4n) is 0.979. The molecule has 1 atom stereocenters. The first-order valence-electron chi connectivity index (χ1n) is 4.24. The molecule has 0 spiro atoms. The van der Waals surface area contributed by atoms with Crippen LogP contribution in [0, 0.1) is 0 Å². The molecule has 0 heterocycles. The molecule has 1 aromatic carbocycles. The largest absolute Gasteiger partial charge is 0.416 e. The highest BCUT2D eigenvalue weighted by Gasteiger charge is 2.37. The molecule has 0 aliphatic heterocycles. The van der Waals surface area contributed by atoms with Gasteiger partial charge >= 0.3 is 6.18 Å². The molecule has 0 radical (unpaired) electrons. The Morgan fingerprint density at radius 1 is 1.40 bits per heavy atom. The Balaban J connectivity index is 2.51. The number of aliphatic hydroxyl groups is 1. The summed E-state index contributed by atoms with van der Waals surface area (Å²) in [6, 6.07) is 6.28. The van der Waals surface area contributed by atoms with E-state index in [1.54, 1.807) is 18.2 Å². The van der Waals surface area contributed by atoms with Crippen LogP contribution in [0.3, 0.4) is 0 Å². The summed E-state index contributed by atoms with van der Waals surface area (Å²) in [4.78, 5) is 0. The van der Waals surface area contributed by atoms with E-state index in [1.807, 2.05) is 0 Å². The molecule has 0 aliphatic rings. The lowest BCUT2D eigenvalue weighted by Crippen LogP contribution is -2.34. The maximum Gasteiger partial charge on any atom is 0.416 e. The molecular formula is C9H11F3N2O. The Morgan fingerprint density at radius 3 is 2.60 bits per heavy atom. The van der Waals surface area contributed by atoms with E-state index in [9.17, 15) is 13.2 Å². The summed E-state index contributed by atoms with van der Waals surface area (Å²) in [7, 11) is 0. The summed E-state index contributed by atoms with van der Waals surface area (Å²) in [5, 5.41) is 11.1. The van der Waals surface area contributed by atoms with Crippen molar-refractivity contribution in [3.05, 3.63) is 24.3 Å². The van der Waals surface area contributed by atoms with E-state index in [0.717, 1.165) is 0 Å². The average Bonchev–Trinajstić information content (AvgIpc) is 2.12. The van der Waals surface area contributed by atoms with Gasteiger partial charge in [-0.2, -0.15) is 13.2 Å². The number of hydrogen-bond donors (Lipinski definition) is 3. The molecule has 1 aromatic rings. The lowest BCUT2D eigenvalue weighted by Gasteiger charge is -2.15. The van der Waals surface area contributed by atoms with Gasteiger partial charge in [-0.25, -0.2) is 0 Å². The molecule has 15 heavy (non-hydrogen) atoms. The monoisotopic (exact) mass is 220 g/mol. The summed E-state index contributed by atoms with van der Waals surface area (Å²) in [5.74, 6) is 0. The van der Waals surface area contributed by atoms with Crippen LogP contribution in [0.1, 0.15) is 0 Å². The minimum absolute atomic E-state index is 0.443. The predicted octanol–water partition coefficient (Wildman–Crippen LogP) is 1.60.